The fraction of sp³-hybridized carbons (Fsp3) is 0.267. The number of carbonyl (C=O) groups is 2. The van der Waals surface area contributed by atoms with Crippen molar-refractivity contribution in [2.75, 3.05) is 6.54 Å². The minimum atomic E-state index is -0.939. The summed E-state index contributed by atoms with van der Waals surface area (Å²) in [5.41, 5.74) is 2.32. The molecule has 114 valence electrons. The van der Waals surface area contributed by atoms with Crippen LogP contribution >= 0.6 is 11.6 Å². The molecule has 1 N–H and O–H groups in total. The van der Waals surface area contributed by atoms with Crippen molar-refractivity contribution in [2.45, 2.75) is 13.0 Å². The number of aryl methyl sites for hydroxylation is 1. The number of hydrogen-bond donors (Lipinski definition) is 1. The van der Waals surface area contributed by atoms with E-state index in [2.05, 4.69) is 5.10 Å². The van der Waals surface area contributed by atoms with Gasteiger partial charge in [-0.05, 0) is 23.6 Å². The maximum absolute atomic E-state index is 12.6. The summed E-state index contributed by atoms with van der Waals surface area (Å²) >= 11 is 6.02. The van der Waals surface area contributed by atoms with Gasteiger partial charge in [-0.25, -0.2) is 4.79 Å². The number of hydrogen-bond acceptors (Lipinski definition) is 3. The van der Waals surface area contributed by atoms with Crippen LogP contribution in [0.1, 0.15) is 32.0 Å². The van der Waals surface area contributed by atoms with Gasteiger partial charge in [0.05, 0.1) is 16.8 Å². The normalized spacial score (nSPS) is 13.8. The first-order valence-electron chi connectivity index (χ1n) is 6.80. The van der Waals surface area contributed by atoms with Crippen molar-refractivity contribution in [3.8, 4) is 0 Å². The van der Waals surface area contributed by atoms with Gasteiger partial charge >= 0.3 is 5.97 Å². The Kier molecular flexibility index (Phi) is 3.62. The third kappa shape index (κ3) is 2.35. The van der Waals surface area contributed by atoms with Crippen molar-refractivity contribution in [1.29, 1.82) is 0 Å². The Hall–Kier alpha value is -2.34. The molecule has 1 amide bonds. The van der Waals surface area contributed by atoms with Crippen LogP contribution in [0.4, 0.5) is 0 Å². The lowest BCUT2D eigenvalue weighted by Crippen LogP contribution is -2.37. The summed E-state index contributed by atoms with van der Waals surface area (Å²) in [4.78, 5) is 25.5. The molecule has 1 aromatic carbocycles. The molecular weight excluding hydrogens is 306 g/mol. The van der Waals surface area contributed by atoms with Crippen molar-refractivity contribution >= 4 is 23.5 Å². The second kappa shape index (κ2) is 5.46. The van der Waals surface area contributed by atoms with Gasteiger partial charge in [-0.1, -0.05) is 23.7 Å². The predicted octanol–water partition coefficient (Wildman–Crippen LogP) is 1.97. The number of nitrogens with zero attached hydrogens (tertiary/aromatic N) is 3. The molecule has 2 aromatic rings. The summed E-state index contributed by atoms with van der Waals surface area (Å²) in [6, 6.07) is 5.15. The quantitative estimate of drug-likeness (QED) is 0.918. The average Bonchev–Trinajstić information content (AvgIpc) is 2.84. The van der Waals surface area contributed by atoms with Gasteiger partial charge in [-0.2, -0.15) is 5.10 Å². The highest BCUT2D eigenvalue weighted by Gasteiger charge is 2.27. The number of rotatable bonds is 2. The zero-order valence-electron chi connectivity index (χ0n) is 11.9. The minimum Gasteiger partial charge on any atom is -0.478 e. The Balaban J connectivity index is 1.91. The highest BCUT2D eigenvalue weighted by Crippen LogP contribution is 2.25. The van der Waals surface area contributed by atoms with Crippen LogP contribution in [0, 0.1) is 0 Å². The lowest BCUT2D eigenvalue weighted by molar-refractivity contribution is 0.0694. The number of benzene rings is 1. The van der Waals surface area contributed by atoms with Gasteiger partial charge in [0.25, 0.3) is 5.91 Å². The van der Waals surface area contributed by atoms with E-state index in [1.807, 2.05) is 6.07 Å². The lowest BCUT2D eigenvalue weighted by atomic mass is 9.94. The van der Waals surface area contributed by atoms with Crippen LogP contribution < -0.4 is 0 Å². The Morgan fingerprint density at radius 1 is 1.36 bits per heavy atom. The van der Waals surface area contributed by atoms with E-state index in [1.165, 1.54) is 10.9 Å². The van der Waals surface area contributed by atoms with Gasteiger partial charge < -0.3 is 10.0 Å². The number of halogens is 1. The van der Waals surface area contributed by atoms with Crippen LogP contribution in [0.5, 0.6) is 0 Å². The molecule has 0 spiro atoms. The molecule has 0 unspecified atom stereocenters. The van der Waals surface area contributed by atoms with Gasteiger partial charge in [0.15, 0.2) is 0 Å². The molecule has 0 bridgehead atoms. The Morgan fingerprint density at radius 3 is 2.77 bits per heavy atom. The van der Waals surface area contributed by atoms with Crippen LogP contribution in [0.2, 0.25) is 5.02 Å². The number of aromatic nitrogens is 2. The first-order chi connectivity index (χ1) is 10.5. The van der Waals surface area contributed by atoms with Crippen molar-refractivity contribution < 1.29 is 14.7 Å². The van der Waals surface area contributed by atoms with Crippen molar-refractivity contribution in [1.82, 2.24) is 14.7 Å². The van der Waals surface area contributed by atoms with Crippen LogP contribution in [0.3, 0.4) is 0 Å². The molecule has 7 heteroatoms. The average molecular weight is 320 g/mol. The molecule has 0 saturated heterocycles. The molecule has 0 fully saturated rings. The predicted molar refractivity (Wildman–Crippen MR) is 80.1 cm³/mol. The zero-order valence-corrected chi connectivity index (χ0v) is 12.7. The van der Waals surface area contributed by atoms with Crippen LogP contribution in [-0.2, 0) is 20.0 Å². The van der Waals surface area contributed by atoms with Gasteiger partial charge in [-0.3, -0.25) is 9.48 Å². The summed E-state index contributed by atoms with van der Waals surface area (Å²) in [7, 11) is 1.67. The van der Waals surface area contributed by atoms with E-state index in [1.54, 1.807) is 24.1 Å². The molecule has 22 heavy (non-hydrogen) atoms. The molecular formula is C15H14ClN3O3. The smallest absolute Gasteiger partial charge is 0.335 e. The number of carboxylic acid groups (broad SMARTS) is 1. The molecule has 1 aromatic heterocycles. The molecule has 1 aliphatic rings. The number of aromatic carboxylic acids is 1. The maximum Gasteiger partial charge on any atom is 0.335 e. The van der Waals surface area contributed by atoms with Crippen molar-refractivity contribution in [3.05, 3.63) is 51.8 Å². The summed E-state index contributed by atoms with van der Waals surface area (Å²) < 4.78 is 1.45. The summed E-state index contributed by atoms with van der Waals surface area (Å²) in [5, 5.41) is 13.5. The third-order valence-electron chi connectivity index (χ3n) is 3.88. The van der Waals surface area contributed by atoms with E-state index in [0.29, 0.717) is 35.8 Å². The SMILES string of the molecule is Cn1ncc(Cl)c1C(=O)N1CCc2c(cccc2C(=O)O)C1. The van der Waals surface area contributed by atoms with E-state index in [4.69, 9.17) is 11.6 Å². The maximum atomic E-state index is 12.6. The summed E-state index contributed by atoms with van der Waals surface area (Å²) in [6.07, 6.45) is 1.95. The number of amides is 1. The summed E-state index contributed by atoms with van der Waals surface area (Å²) in [5.74, 6) is -1.14. The summed E-state index contributed by atoms with van der Waals surface area (Å²) in [6.45, 7) is 0.828. The van der Waals surface area contributed by atoms with Crippen LogP contribution in [0.15, 0.2) is 24.4 Å². The topological polar surface area (TPSA) is 75.4 Å². The molecule has 1 aliphatic heterocycles. The number of fused-ring (bicyclic) bond motifs is 1. The van der Waals surface area contributed by atoms with E-state index < -0.39 is 5.97 Å². The fourth-order valence-corrected chi connectivity index (χ4v) is 3.03. The highest BCUT2D eigenvalue weighted by atomic mass is 35.5. The molecule has 0 radical (unpaired) electrons. The molecule has 3 rings (SSSR count). The number of carboxylic acids is 1. The standard InChI is InChI=1S/C15H14ClN3O3/c1-18-13(12(16)7-17-18)14(20)19-6-5-10-9(8-19)3-2-4-11(10)15(21)22/h2-4,7H,5-6,8H2,1H3,(H,21,22). The lowest BCUT2D eigenvalue weighted by Gasteiger charge is -2.29. The molecule has 2 heterocycles. The first kappa shape index (κ1) is 14.6. The Bertz CT molecular complexity index is 750. The first-order valence-corrected chi connectivity index (χ1v) is 7.17. The van der Waals surface area contributed by atoms with Crippen LogP contribution in [-0.4, -0.2) is 38.2 Å². The molecule has 0 aliphatic carbocycles. The van der Waals surface area contributed by atoms with Gasteiger partial charge in [0.2, 0.25) is 0 Å². The van der Waals surface area contributed by atoms with Gasteiger partial charge in [0, 0.05) is 20.1 Å². The highest BCUT2D eigenvalue weighted by molar-refractivity contribution is 6.33. The van der Waals surface area contributed by atoms with Crippen LogP contribution in [0.25, 0.3) is 0 Å². The number of carbonyl (C=O) groups excluding carboxylic acids is 1. The third-order valence-corrected chi connectivity index (χ3v) is 4.16. The van der Waals surface area contributed by atoms with E-state index in [-0.39, 0.29) is 5.91 Å². The minimum absolute atomic E-state index is 0.198. The van der Waals surface area contributed by atoms with Crippen molar-refractivity contribution in [3.63, 3.8) is 0 Å². The van der Waals surface area contributed by atoms with E-state index in [9.17, 15) is 14.7 Å². The van der Waals surface area contributed by atoms with E-state index in [0.717, 1.165) is 11.1 Å². The van der Waals surface area contributed by atoms with E-state index >= 15 is 0 Å². The van der Waals surface area contributed by atoms with Gasteiger partial charge in [-0.15, -0.1) is 0 Å². The molecule has 6 nitrogen and oxygen atoms in total. The molecule has 0 atom stereocenters. The van der Waals surface area contributed by atoms with Crippen molar-refractivity contribution in [2.24, 2.45) is 7.05 Å². The Labute approximate surface area is 131 Å². The zero-order chi connectivity index (χ0) is 15.9. The van der Waals surface area contributed by atoms with Gasteiger partial charge in [0.1, 0.15) is 5.69 Å². The monoisotopic (exact) mass is 319 g/mol. The molecule has 0 saturated carbocycles. The largest absolute Gasteiger partial charge is 0.478 e. The second-order valence-electron chi connectivity index (χ2n) is 5.19. The Morgan fingerprint density at radius 2 is 2.14 bits per heavy atom. The fourth-order valence-electron chi connectivity index (χ4n) is 2.78. The second-order valence-corrected chi connectivity index (χ2v) is 5.60.